The van der Waals surface area contributed by atoms with E-state index in [0.29, 0.717) is 27.6 Å². The molecule has 5 aromatic rings. The highest BCUT2D eigenvalue weighted by Gasteiger charge is 2.18. The van der Waals surface area contributed by atoms with Crippen LogP contribution in [-0.4, -0.2) is 19.1 Å². The fraction of sp³-hybridized carbons (Fsp3) is 0.0833. The van der Waals surface area contributed by atoms with Gasteiger partial charge in [-0.3, -0.25) is 18.7 Å². The van der Waals surface area contributed by atoms with E-state index in [2.05, 4.69) is 9.97 Å². The Kier molecular flexibility index (Phi) is 5.26. The SMILES string of the molecule is Cn1c(CSc2nc3ccccc3c(=O)n2-c2ccc(F)cc2F)nc2ccccc2c1=O. The lowest BCUT2D eigenvalue weighted by Crippen LogP contribution is -2.24. The minimum Gasteiger partial charge on any atom is -0.299 e. The van der Waals surface area contributed by atoms with Gasteiger partial charge in [0, 0.05) is 13.1 Å². The van der Waals surface area contributed by atoms with Crippen LogP contribution in [0.2, 0.25) is 0 Å². The average Bonchev–Trinajstić information content (AvgIpc) is 2.81. The van der Waals surface area contributed by atoms with Crippen LogP contribution in [0.15, 0.2) is 81.5 Å². The molecule has 0 aliphatic rings. The number of thioether (sulfide) groups is 1. The number of rotatable bonds is 4. The summed E-state index contributed by atoms with van der Waals surface area (Å²) in [5.74, 6) is -0.962. The highest BCUT2D eigenvalue weighted by Crippen LogP contribution is 2.25. The maximum atomic E-state index is 14.7. The molecule has 5 rings (SSSR count). The molecule has 0 aliphatic heterocycles. The average molecular weight is 462 g/mol. The molecule has 3 aromatic carbocycles. The quantitative estimate of drug-likeness (QED) is 0.296. The molecule has 0 spiro atoms. The molecular formula is C24H16F2N4O2S. The van der Waals surface area contributed by atoms with Crippen LogP contribution in [0, 0.1) is 11.6 Å². The predicted molar refractivity (Wildman–Crippen MR) is 124 cm³/mol. The maximum Gasteiger partial charge on any atom is 0.266 e. The molecule has 0 unspecified atom stereocenters. The molecule has 164 valence electrons. The van der Waals surface area contributed by atoms with E-state index in [1.165, 1.54) is 10.6 Å². The lowest BCUT2D eigenvalue weighted by Gasteiger charge is -2.14. The van der Waals surface area contributed by atoms with Crippen molar-refractivity contribution in [2.24, 2.45) is 7.05 Å². The van der Waals surface area contributed by atoms with Gasteiger partial charge in [-0.05, 0) is 36.4 Å². The molecule has 0 fully saturated rings. The molecule has 0 N–H and O–H groups in total. The van der Waals surface area contributed by atoms with Gasteiger partial charge in [-0.2, -0.15) is 0 Å². The number of hydrogen-bond donors (Lipinski definition) is 0. The molecule has 0 amide bonds. The van der Waals surface area contributed by atoms with E-state index in [1.54, 1.807) is 55.6 Å². The second-order valence-electron chi connectivity index (χ2n) is 7.35. The van der Waals surface area contributed by atoms with Crippen LogP contribution < -0.4 is 11.1 Å². The molecule has 0 bridgehead atoms. The first-order valence-corrected chi connectivity index (χ1v) is 11.0. The van der Waals surface area contributed by atoms with Gasteiger partial charge in [0.15, 0.2) is 5.16 Å². The topological polar surface area (TPSA) is 69.8 Å². The van der Waals surface area contributed by atoms with Crippen molar-refractivity contribution in [2.45, 2.75) is 10.9 Å². The Morgan fingerprint density at radius 1 is 0.848 bits per heavy atom. The van der Waals surface area contributed by atoms with Gasteiger partial charge < -0.3 is 0 Å². The molecule has 0 saturated carbocycles. The lowest BCUT2D eigenvalue weighted by molar-refractivity contribution is 0.572. The van der Waals surface area contributed by atoms with Crippen molar-refractivity contribution in [3.63, 3.8) is 0 Å². The van der Waals surface area contributed by atoms with Gasteiger partial charge in [-0.15, -0.1) is 0 Å². The largest absolute Gasteiger partial charge is 0.299 e. The molecule has 0 aliphatic carbocycles. The summed E-state index contributed by atoms with van der Waals surface area (Å²) < 4.78 is 30.7. The first kappa shape index (κ1) is 21.0. The highest BCUT2D eigenvalue weighted by atomic mass is 32.2. The number of benzene rings is 3. The first-order chi connectivity index (χ1) is 15.9. The minimum atomic E-state index is -0.882. The number of hydrogen-bond acceptors (Lipinski definition) is 5. The molecule has 2 heterocycles. The van der Waals surface area contributed by atoms with Crippen molar-refractivity contribution >= 4 is 33.6 Å². The van der Waals surface area contributed by atoms with E-state index >= 15 is 0 Å². The first-order valence-electron chi connectivity index (χ1n) is 9.98. The van der Waals surface area contributed by atoms with Crippen LogP contribution in [0.1, 0.15) is 5.82 Å². The summed E-state index contributed by atoms with van der Waals surface area (Å²) in [5, 5.41) is 1.01. The molecule has 0 saturated heterocycles. The second kappa shape index (κ2) is 8.25. The van der Waals surface area contributed by atoms with Gasteiger partial charge in [-0.25, -0.2) is 18.7 Å². The Labute approximate surface area is 190 Å². The third-order valence-corrected chi connectivity index (χ3v) is 6.24. The van der Waals surface area contributed by atoms with Crippen LogP contribution in [0.3, 0.4) is 0 Å². The van der Waals surface area contributed by atoms with E-state index in [4.69, 9.17) is 0 Å². The summed E-state index contributed by atoms with van der Waals surface area (Å²) in [7, 11) is 1.62. The van der Waals surface area contributed by atoms with Crippen LogP contribution >= 0.6 is 11.8 Å². The van der Waals surface area contributed by atoms with Crippen molar-refractivity contribution in [3.05, 3.63) is 105 Å². The zero-order valence-corrected chi connectivity index (χ0v) is 18.1. The summed E-state index contributed by atoms with van der Waals surface area (Å²) in [6, 6.07) is 16.8. The normalized spacial score (nSPS) is 11.4. The zero-order valence-electron chi connectivity index (χ0n) is 17.3. The van der Waals surface area contributed by atoms with E-state index in [1.807, 2.05) is 0 Å². The number of para-hydroxylation sites is 2. The van der Waals surface area contributed by atoms with Crippen molar-refractivity contribution in [2.75, 3.05) is 0 Å². The van der Waals surface area contributed by atoms with Crippen molar-refractivity contribution in [3.8, 4) is 5.69 Å². The third kappa shape index (κ3) is 3.70. The van der Waals surface area contributed by atoms with Gasteiger partial charge in [0.25, 0.3) is 11.1 Å². The highest BCUT2D eigenvalue weighted by molar-refractivity contribution is 7.98. The molecule has 6 nitrogen and oxygen atoms in total. The molecule has 2 aromatic heterocycles. The zero-order chi connectivity index (χ0) is 23.1. The van der Waals surface area contributed by atoms with Gasteiger partial charge in [-0.1, -0.05) is 36.0 Å². The van der Waals surface area contributed by atoms with Crippen LogP contribution in [0.25, 0.3) is 27.5 Å². The van der Waals surface area contributed by atoms with Crippen LogP contribution in [0.4, 0.5) is 8.78 Å². The van der Waals surface area contributed by atoms with Crippen molar-refractivity contribution in [1.82, 2.24) is 19.1 Å². The van der Waals surface area contributed by atoms with Crippen LogP contribution in [0.5, 0.6) is 0 Å². The lowest BCUT2D eigenvalue weighted by atomic mass is 10.2. The summed E-state index contributed by atoms with van der Waals surface area (Å²) in [5.41, 5.74) is 0.231. The number of aromatic nitrogens is 4. The van der Waals surface area contributed by atoms with E-state index in [0.717, 1.165) is 28.5 Å². The summed E-state index contributed by atoms with van der Waals surface area (Å²) in [4.78, 5) is 35.1. The monoisotopic (exact) mass is 462 g/mol. The van der Waals surface area contributed by atoms with Crippen LogP contribution in [-0.2, 0) is 12.8 Å². The summed E-state index contributed by atoms with van der Waals surface area (Å²) >= 11 is 1.14. The summed E-state index contributed by atoms with van der Waals surface area (Å²) in [6.45, 7) is 0. The molecule has 33 heavy (non-hydrogen) atoms. The fourth-order valence-corrected chi connectivity index (χ4v) is 4.60. The number of halogens is 2. The molecule has 0 radical (unpaired) electrons. The maximum absolute atomic E-state index is 14.7. The Morgan fingerprint density at radius 2 is 1.48 bits per heavy atom. The van der Waals surface area contributed by atoms with Gasteiger partial charge in [0.1, 0.15) is 17.5 Å². The van der Waals surface area contributed by atoms with Gasteiger partial charge in [0.05, 0.1) is 33.2 Å². The van der Waals surface area contributed by atoms with E-state index in [9.17, 15) is 18.4 Å². The molecular weight excluding hydrogens is 446 g/mol. The van der Waals surface area contributed by atoms with Crippen molar-refractivity contribution < 1.29 is 8.78 Å². The molecule has 9 heteroatoms. The number of fused-ring (bicyclic) bond motifs is 2. The summed E-state index contributed by atoms with van der Waals surface area (Å²) in [6.07, 6.45) is 0. The van der Waals surface area contributed by atoms with E-state index < -0.39 is 17.2 Å². The standard InChI is InChI=1S/C24H16F2N4O2S/c1-29-21(27-18-8-4-2-6-15(18)22(29)31)13-33-24-28-19-9-5-3-7-16(19)23(32)30(24)20-11-10-14(25)12-17(20)26/h2-12H,13H2,1H3. The second-order valence-corrected chi connectivity index (χ2v) is 8.29. The van der Waals surface area contributed by atoms with Crippen molar-refractivity contribution in [1.29, 1.82) is 0 Å². The Morgan fingerprint density at radius 3 is 2.18 bits per heavy atom. The Balaban J connectivity index is 1.66. The van der Waals surface area contributed by atoms with Gasteiger partial charge >= 0.3 is 0 Å². The van der Waals surface area contributed by atoms with Gasteiger partial charge in [0.2, 0.25) is 0 Å². The Hall–Kier alpha value is -3.85. The predicted octanol–water partition coefficient (Wildman–Crippen LogP) is 4.20. The number of nitrogens with zero attached hydrogens (tertiary/aromatic N) is 4. The van der Waals surface area contributed by atoms with E-state index in [-0.39, 0.29) is 22.2 Å². The smallest absolute Gasteiger partial charge is 0.266 e. The third-order valence-electron chi connectivity index (χ3n) is 5.30. The Bertz CT molecular complexity index is 1660. The minimum absolute atomic E-state index is 0.109. The molecule has 0 atom stereocenters. The fourth-order valence-electron chi connectivity index (χ4n) is 3.61.